The van der Waals surface area contributed by atoms with Gasteiger partial charge < -0.3 is 5.73 Å². The number of ketones is 1. The molecule has 1 aromatic heterocycles. The molecule has 2 aromatic carbocycles. The number of thiazole rings is 1. The van der Waals surface area contributed by atoms with Gasteiger partial charge in [0.05, 0.1) is 5.69 Å². The fraction of sp³-hybridized carbons (Fsp3) is 0. The normalized spacial score (nSPS) is 10.5. The molecule has 0 aliphatic carbocycles. The number of halogens is 1. The molecule has 0 unspecified atom stereocenters. The van der Waals surface area contributed by atoms with Gasteiger partial charge in [-0.1, -0.05) is 53.3 Å². The third-order valence-electron chi connectivity index (χ3n) is 3.00. The maximum absolute atomic E-state index is 12.6. The van der Waals surface area contributed by atoms with E-state index < -0.39 is 0 Å². The average molecular weight is 315 g/mol. The van der Waals surface area contributed by atoms with Crippen molar-refractivity contribution >= 4 is 33.9 Å². The van der Waals surface area contributed by atoms with Crippen LogP contribution in [0.15, 0.2) is 54.6 Å². The van der Waals surface area contributed by atoms with Crippen molar-refractivity contribution in [3.8, 4) is 11.3 Å². The van der Waals surface area contributed by atoms with E-state index in [2.05, 4.69) is 4.98 Å². The summed E-state index contributed by atoms with van der Waals surface area (Å²) in [5.74, 6) is -0.0975. The number of nitrogens with two attached hydrogens (primary N) is 1. The van der Waals surface area contributed by atoms with Gasteiger partial charge in [-0.3, -0.25) is 4.79 Å². The monoisotopic (exact) mass is 314 g/mol. The van der Waals surface area contributed by atoms with Gasteiger partial charge in [-0.25, -0.2) is 4.98 Å². The van der Waals surface area contributed by atoms with Crippen molar-refractivity contribution in [1.29, 1.82) is 0 Å². The first-order valence-electron chi connectivity index (χ1n) is 6.27. The third kappa shape index (κ3) is 2.82. The molecule has 0 atom stereocenters. The van der Waals surface area contributed by atoms with Crippen molar-refractivity contribution in [1.82, 2.24) is 4.98 Å². The first kappa shape index (κ1) is 13.8. The first-order valence-corrected chi connectivity index (χ1v) is 7.46. The van der Waals surface area contributed by atoms with Gasteiger partial charge in [0, 0.05) is 16.1 Å². The van der Waals surface area contributed by atoms with Crippen LogP contribution in [-0.4, -0.2) is 10.8 Å². The van der Waals surface area contributed by atoms with Crippen LogP contribution in [0.2, 0.25) is 5.02 Å². The number of anilines is 1. The summed E-state index contributed by atoms with van der Waals surface area (Å²) in [6.07, 6.45) is 0. The molecule has 0 radical (unpaired) electrons. The summed E-state index contributed by atoms with van der Waals surface area (Å²) >= 11 is 7.05. The molecule has 3 rings (SSSR count). The quantitative estimate of drug-likeness (QED) is 0.734. The lowest BCUT2D eigenvalue weighted by Crippen LogP contribution is -2.00. The fourth-order valence-corrected chi connectivity index (χ4v) is 2.96. The lowest BCUT2D eigenvalue weighted by Gasteiger charge is -2.02. The highest BCUT2D eigenvalue weighted by Gasteiger charge is 2.19. The van der Waals surface area contributed by atoms with Crippen LogP contribution in [0, 0.1) is 0 Å². The Hall–Kier alpha value is -2.17. The van der Waals surface area contributed by atoms with Gasteiger partial charge in [-0.15, -0.1) is 0 Å². The van der Waals surface area contributed by atoms with Gasteiger partial charge in [0.25, 0.3) is 0 Å². The lowest BCUT2D eigenvalue weighted by atomic mass is 10.1. The van der Waals surface area contributed by atoms with E-state index >= 15 is 0 Å². The number of hydrogen-bond acceptors (Lipinski definition) is 4. The largest absolute Gasteiger partial charge is 0.375 e. The minimum absolute atomic E-state index is 0.0975. The van der Waals surface area contributed by atoms with Crippen LogP contribution in [0.1, 0.15) is 15.2 Å². The number of carbonyl (C=O) groups excluding carboxylic acids is 1. The molecule has 0 saturated heterocycles. The van der Waals surface area contributed by atoms with Crippen molar-refractivity contribution < 1.29 is 4.79 Å². The van der Waals surface area contributed by atoms with E-state index in [9.17, 15) is 4.79 Å². The molecule has 0 saturated carbocycles. The van der Waals surface area contributed by atoms with Crippen LogP contribution in [0.5, 0.6) is 0 Å². The van der Waals surface area contributed by atoms with E-state index in [1.807, 2.05) is 30.3 Å². The molecule has 21 heavy (non-hydrogen) atoms. The molecule has 0 aliphatic rings. The van der Waals surface area contributed by atoms with E-state index in [1.165, 1.54) is 11.3 Å². The van der Waals surface area contributed by atoms with Crippen molar-refractivity contribution in [3.63, 3.8) is 0 Å². The number of benzene rings is 2. The van der Waals surface area contributed by atoms with Gasteiger partial charge in [0.1, 0.15) is 4.88 Å². The summed E-state index contributed by atoms with van der Waals surface area (Å²) < 4.78 is 0. The van der Waals surface area contributed by atoms with E-state index in [1.54, 1.807) is 24.3 Å². The molecule has 0 aliphatic heterocycles. The van der Waals surface area contributed by atoms with Crippen LogP contribution < -0.4 is 5.73 Å². The molecular formula is C16H11ClN2OS. The summed E-state index contributed by atoms with van der Waals surface area (Å²) in [6, 6.07) is 16.3. The Kier molecular flexibility index (Phi) is 3.73. The van der Waals surface area contributed by atoms with E-state index in [0.717, 1.165) is 5.56 Å². The lowest BCUT2D eigenvalue weighted by molar-refractivity contribution is 0.104. The molecule has 0 bridgehead atoms. The summed E-state index contributed by atoms with van der Waals surface area (Å²) in [4.78, 5) is 17.5. The highest BCUT2D eigenvalue weighted by atomic mass is 35.5. The highest BCUT2D eigenvalue weighted by molar-refractivity contribution is 7.18. The van der Waals surface area contributed by atoms with Crippen LogP contribution in [0.4, 0.5) is 5.13 Å². The zero-order valence-corrected chi connectivity index (χ0v) is 12.5. The van der Waals surface area contributed by atoms with Crippen molar-refractivity contribution in [2.45, 2.75) is 0 Å². The van der Waals surface area contributed by atoms with Crippen LogP contribution in [0.25, 0.3) is 11.3 Å². The molecule has 0 fully saturated rings. The highest BCUT2D eigenvalue weighted by Crippen LogP contribution is 2.31. The predicted octanol–water partition coefficient (Wildman–Crippen LogP) is 4.28. The topological polar surface area (TPSA) is 56.0 Å². The summed E-state index contributed by atoms with van der Waals surface area (Å²) in [7, 11) is 0. The summed E-state index contributed by atoms with van der Waals surface area (Å²) in [5.41, 5.74) is 7.86. The van der Waals surface area contributed by atoms with Crippen LogP contribution in [0.3, 0.4) is 0 Å². The minimum atomic E-state index is -0.0975. The molecule has 5 heteroatoms. The first-order chi connectivity index (χ1) is 10.1. The standard InChI is InChI=1S/C16H11ClN2OS/c17-12-8-6-11(7-9-12)14(20)15-13(19-16(18)21-15)10-4-2-1-3-5-10/h1-9H,(H2,18,19). The number of rotatable bonds is 3. The van der Waals surface area contributed by atoms with Gasteiger partial charge in [-0.2, -0.15) is 0 Å². The van der Waals surface area contributed by atoms with E-state index in [0.29, 0.717) is 26.3 Å². The second-order valence-corrected chi connectivity index (χ2v) is 5.90. The average Bonchev–Trinajstić information content (AvgIpc) is 2.90. The summed E-state index contributed by atoms with van der Waals surface area (Å²) in [5, 5.41) is 0.977. The number of nitrogens with zero attached hydrogens (tertiary/aromatic N) is 1. The molecule has 0 amide bonds. The van der Waals surface area contributed by atoms with Crippen molar-refractivity contribution in [2.24, 2.45) is 0 Å². The maximum Gasteiger partial charge on any atom is 0.205 e. The number of aromatic nitrogens is 1. The second-order valence-electron chi connectivity index (χ2n) is 4.43. The third-order valence-corrected chi connectivity index (χ3v) is 4.14. The Balaban J connectivity index is 2.07. The molecule has 104 valence electrons. The maximum atomic E-state index is 12.6. The SMILES string of the molecule is Nc1nc(-c2ccccc2)c(C(=O)c2ccc(Cl)cc2)s1. The minimum Gasteiger partial charge on any atom is -0.375 e. The van der Waals surface area contributed by atoms with Crippen molar-refractivity contribution in [3.05, 3.63) is 70.1 Å². The molecule has 0 spiro atoms. The van der Waals surface area contributed by atoms with Crippen molar-refractivity contribution in [2.75, 3.05) is 5.73 Å². The van der Waals surface area contributed by atoms with Gasteiger partial charge in [-0.05, 0) is 24.3 Å². The summed E-state index contributed by atoms with van der Waals surface area (Å²) in [6.45, 7) is 0. The zero-order chi connectivity index (χ0) is 14.8. The molecule has 3 aromatic rings. The Bertz CT molecular complexity index is 782. The fourth-order valence-electron chi connectivity index (χ4n) is 2.01. The molecular weight excluding hydrogens is 304 g/mol. The molecule has 3 nitrogen and oxygen atoms in total. The van der Waals surface area contributed by atoms with Crippen LogP contribution >= 0.6 is 22.9 Å². The smallest absolute Gasteiger partial charge is 0.205 e. The van der Waals surface area contributed by atoms with E-state index in [-0.39, 0.29) is 5.78 Å². The Labute approximate surface area is 131 Å². The predicted molar refractivity (Wildman–Crippen MR) is 86.8 cm³/mol. The Morgan fingerprint density at radius 1 is 1.05 bits per heavy atom. The zero-order valence-electron chi connectivity index (χ0n) is 10.9. The number of nitrogen functional groups attached to an aromatic ring is 1. The molecule has 2 N–H and O–H groups in total. The Morgan fingerprint density at radius 3 is 2.38 bits per heavy atom. The number of hydrogen-bond donors (Lipinski definition) is 1. The number of carbonyl (C=O) groups is 1. The second kappa shape index (κ2) is 5.68. The molecule has 1 heterocycles. The Morgan fingerprint density at radius 2 is 1.71 bits per heavy atom. The van der Waals surface area contributed by atoms with Gasteiger partial charge in [0.2, 0.25) is 5.78 Å². The van der Waals surface area contributed by atoms with Gasteiger partial charge in [0.15, 0.2) is 5.13 Å². The van der Waals surface area contributed by atoms with E-state index in [4.69, 9.17) is 17.3 Å². The van der Waals surface area contributed by atoms with Gasteiger partial charge >= 0.3 is 0 Å². The van der Waals surface area contributed by atoms with Crippen LogP contribution in [-0.2, 0) is 0 Å².